The molecule has 0 bridgehead atoms. The maximum atomic E-state index is 12.1. The Morgan fingerprint density at radius 2 is 2.00 bits per heavy atom. The van der Waals surface area contributed by atoms with Crippen molar-refractivity contribution in [3.63, 3.8) is 0 Å². The zero-order valence-electron chi connectivity index (χ0n) is 11.9. The van der Waals surface area contributed by atoms with Crippen LogP contribution in [0.1, 0.15) is 17.3 Å². The summed E-state index contributed by atoms with van der Waals surface area (Å²) in [6.45, 7) is 1.83. The second-order valence-corrected chi connectivity index (χ2v) is 4.83. The van der Waals surface area contributed by atoms with Crippen LogP contribution in [0.2, 0.25) is 0 Å². The number of phenolic OH excluding ortho intramolecular Hbond substituents is 1. The molecule has 0 unspecified atom stereocenters. The van der Waals surface area contributed by atoms with E-state index in [2.05, 4.69) is 10.6 Å². The van der Waals surface area contributed by atoms with E-state index in [9.17, 15) is 19.5 Å². The molecule has 3 amide bonds. The van der Waals surface area contributed by atoms with E-state index in [-0.39, 0.29) is 34.3 Å². The normalized spacial score (nSPS) is 14.6. The van der Waals surface area contributed by atoms with Crippen LogP contribution in [-0.2, 0) is 9.59 Å². The number of benzene rings is 1. The minimum absolute atomic E-state index is 0.0355. The third kappa shape index (κ3) is 2.50. The van der Waals surface area contributed by atoms with Gasteiger partial charge in [0.2, 0.25) is 0 Å². The summed E-state index contributed by atoms with van der Waals surface area (Å²) in [5, 5.41) is 14.9. The lowest BCUT2D eigenvalue weighted by Gasteiger charge is -2.13. The highest BCUT2D eigenvalue weighted by Crippen LogP contribution is 2.32. The largest absolute Gasteiger partial charge is 0.505 e. The highest BCUT2D eigenvalue weighted by molar-refractivity contribution is 6.48. The van der Waals surface area contributed by atoms with Gasteiger partial charge in [-0.2, -0.15) is 0 Å². The van der Waals surface area contributed by atoms with Crippen molar-refractivity contribution in [2.24, 2.45) is 0 Å². The third-order valence-electron chi connectivity index (χ3n) is 3.20. The summed E-state index contributed by atoms with van der Waals surface area (Å²) < 4.78 is 0. The van der Waals surface area contributed by atoms with Crippen molar-refractivity contribution in [2.75, 3.05) is 18.9 Å². The van der Waals surface area contributed by atoms with Crippen molar-refractivity contribution in [1.29, 1.82) is 0 Å². The maximum absolute atomic E-state index is 12.1. The lowest BCUT2D eigenvalue weighted by atomic mass is 10.1. The number of anilines is 1. The zero-order chi connectivity index (χ0) is 16.4. The van der Waals surface area contributed by atoms with Gasteiger partial charge in [-0.1, -0.05) is 17.7 Å². The Morgan fingerprint density at radius 3 is 2.55 bits per heavy atom. The quantitative estimate of drug-likeness (QED) is 0.567. The second-order valence-electron chi connectivity index (χ2n) is 4.45. The van der Waals surface area contributed by atoms with E-state index in [4.69, 9.17) is 11.6 Å². The number of para-hydroxylation sites is 1. The summed E-state index contributed by atoms with van der Waals surface area (Å²) in [7, 11) is 1.43. The van der Waals surface area contributed by atoms with Crippen molar-refractivity contribution in [1.82, 2.24) is 10.2 Å². The Hall–Kier alpha value is -2.54. The molecule has 1 aliphatic heterocycles. The molecule has 0 radical (unpaired) electrons. The molecule has 2 rings (SSSR count). The molecule has 1 aliphatic rings. The summed E-state index contributed by atoms with van der Waals surface area (Å²) in [5.41, 5.74) is 0.0135. The van der Waals surface area contributed by atoms with E-state index in [1.165, 1.54) is 25.2 Å². The number of hydrogen-bond donors (Lipinski definition) is 3. The van der Waals surface area contributed by atoms with Crippen LogP contribution in [0.4, 0.5) is 5.69 Å². The Bertz CT molecular complexity index is 699. The van der Waals surface area contributed by atoms with Gasteiger partial charge in [0.25, 0.3) is 17.7 Å². The van der Waals surface area contributed by atoms with E-state index in [1.54, 1.807) is 6.92 Å². The summed E-state index contributed by atoms with van der Waals surface area (Å²) in [6, 6.07) is 4.42. The smallest absolute Gasteiger partial charge is 0.278 e. The number of phenols is 1. The number of hydrogen-bond acceptors (Lipinski definition) is 5. The van der Waals surface area contributed by atoms with Gasteiger partial charge in [-0.15, -0.1) is 0 Å². The van der Waals surface area contributed by atoms with Gasteiger partial charge in [0, 0.05) is 13.6 Å². The Balaban J connectivity index is 2.38. The van der Waals surface area contributed by atoms with Crippen molar-refractivity contribution in [2.45, 2.75) is 6.92 Å². The van der Waals surface area contributed by atoms with Gasteiger partial charge in [-0.3, -0.25) is 19.3 Å². The average molecular weight is 324 g/mol. The molecule has 0 atom stereocenters. The fourth-order valence-electron chi connectivity index (χ4n) is 2.04. The first-order chi connectivity index (χ1) is 10.4. The number of halogens is 1. The summed E-state index contributed by atoms with van der Waals surface area (Å²) in [5.74, 6) is -2.00. The fourth-order valence-corrected chi connectivity index (χ4v) is 2.27. The Labute approximate surface area is 131 Å². The Kier molecular flexibility index (Phi) is 4.37. The lowest BCUT2D eigenvalue weighted by Crippen LogP contribution is -2.32. The molecule has 0 spiro atoms. The standard InChI is InChI=1S/C14H14ClN3O4/c1-3-18-13(21)9(15)10(14(18)22)17-8-6-4-5-7(11(8)19)12(20)16-2/h4-6,17,19H,3H2,1-2H3,(H,16,20). The van der Waals surface area contributed by atoms with E-state index in [0.29, 0.717) is 0 Å². The molecular formula is C14H14ClN3O4. The van der Waals surface area contributed by atoms with Crippen LogP contribution >= 0.6 is 11.6 Å². The van der Waals surface area contributed by atoms with Gasteiger partial charge in [-0.25, -0.2) is 0 Å². The molecule has 8 heteroatoms. The van der Waals surface area contributed by atoms with Crippen LogP contribution in [-0.4, -0.2) is 41.3 Å². The number of carbonyl (C=O) groups is 3. The van der Waals surface area contributed by atoms with Crippen molar-refractivity contribution >= 4 is 35.0 Å². The number of aromatic hydroxyl groups is 1. The van der Waals surface area contributed by atoms with Crippen LogP contribution in [0.25, 0.3) is 0 Å². The number of carbonyl (C=O) groups excluding carboxylic acids is 3. The molecule has 0 saturated carbocycles. The summed E-state index contributed by atoms with van der Waals surface area (Å²) in [6.07, 6.45) is 0. The Morgan fingerprint density at radius 1 is 1.32 bits per heavy atom. The first-order valence-corrected chi connectivity index (χ1v) is 6.87. The molecule has 0 saturated heterocycles. The van der Waals surface area contributed by atoms with Gasteiger partial charge >= 0.3 is 0 Å². The molecule has 0 fully saturated rings. The number of likely N-dealkylation sites (N-methyl/N-ethyl adjacent to an activating group) is 1. The third-order valence-corrected chi connectivity index (χ3v) is 3.55. The fraction of sp³-hybridized carbons (Fsp3) is 0.214. The molecule has 116 valence electrons. The zero-order valence-corrected chi connectivity index (χ0v) is 12.7. The SMILES string of the molecule is CCN1C(=O)C(Cl)=C(Nc2cccc(C(=O)NC)c2O)C1=O. The first kappa shape index (κ1) is 15.8. The minimum atomic E-state index is -0.599. The lowest BCUT2D eigenvalue weighted by molar-refractivity contribution is -0.137. The van der Waals surface area contributed by atoms with Gasteiger partial charge in [-0.05, 0) is 19.1 Å². The van der Waals surface area contributed by atoms with Crippen LogP contribution in [0.15, 0.2) is 28.9 Å². The molecule has 1 aromatic carbocycles. The van der Waals surface area contributed by atoms with Crippen LogP contribution in [0.5, 0.6) is 5.75 Å². The van der Waals surface area contributed by atoms with Crippen LogP contribution < -0.4 is 10.6 Å². The van der Waals surface area contributed by atoms with E-state index in [0.717, 1.165) is 4.90 Å². The highest BCUT2D eigenvalue weighted by atomic mass is 35.5. The average Bonchev–Trinajstić information content (AvgIpc) is 2.71. The monoisotopic (exact) mass is 323 g/mol. The second kappa shape index (κ2) is 6.07. The van der Waals surface area contributed by atoms with Gasteiger partial charge in [0.1, 0.15) is 10.7 Å². The predicted molar refractivity (Wildman–Crippen MR) is 80.4 cm³/mol. The molecule has 22 heavy (non-hydrogen) atoms. The predicted octanol–water partition coefficient (Wildman–Crippen LogP) is 1.00. The van der Waals surface area contributed by atoms with Crippen molar-refractivity contribution in [3.8, 4) is 5.75 Å². The van der Waals surface area contributed by atoms with Gasteiger partial charge in [0.05, 0.1) is 11.3 Å². The van der Waals surface area contributed by atoms with Crippen molar-refractivity contribution < 1.29 is 19.5 Å². The van der Waals surface area contributed by atoms with Crippen molar-refractivity contribution in [3.05, 3.63) is 34.5 Å². The molecule has 0 aliphatic carbocycles. The van der Waals surface area contributed by atoms with E-state index < -0.39 is 17.7 Å². The topological polar surface area (TPSA) is 98.7 Å². The highest BCUT2D eigenvalue weighted by Gasteiger charge is 2.37. The minimum Gasteiger partial charge on any atom is -0.505 e. The van der Waals surface area contributed by atoms with Gasteiger partial charge in [0.15, 0.2) is 5.75 Å². The molecule has 3 N–H and O–H groups in total. The molecule has 0 aromatic heterocycles. The maximum Gasteiger partial charge on any atom is 0.278 e. The van der Waals surface area contributed by atoms with Crippen LogP contribution in [0, 0.1) is 0 Å². The van der Waals surface area contributed by atoms with E-state index in [1.807, 2.05) is 0 Å². The first-order valence-electron chi connectivity index (χ1n) is 6.49. The number of nitrogens with zero attached hydrogens (tertiary/aromatic N) is 1. The molecule has 1 heterocycles. The number of nitrogens with one attached hydrogen (secondary N) is 2. The molecule has 1 aromatic rings. The summed E-state index contributed by atoms with van der Waals surface area (Å²) in [4.78, 5) is 36.5. The molecular weight excluding hydrogens is 310 g/mol. The number of amides is 3. The summed E-state index contributed by atoms with van der Waals surface area (Å²) >= 11 is 5.87. The van der Waals surface area contributed by atoms with E-state index >= 15 is 0 Å². The van der Waals surface area contributed by atoms with Crippen LogP contribution in [0.3, 0.4) is 0 Å². The number of rotatable bonds is 4. The molecule has 7 nitrogen and oxygen atoms in total. The number of imide groups is 1. The van der Waals surface area contributed by atoms with Gasteiger partial charge < -0.3 is 15.7 Å².